The van der Waals surface area contributed by atoms with Gasteiger partial charge in [-0.25, -0.2) is 5.84 Å². The van der Waals surface area contributed by atoms with E-state index < -0.39 is 0 Å². The van der Waals surface area contributed by atoms with Gasteiger partial charge in [-0.3, -0.25) is 10.2 Å². The van der Waals surface area contributed by atoms with E-state index in [9.17, 15) is 4.79 Å². The van der Waals surface area contributed by atoms with Crippen molar-refractivity contribution in [2.75, 3.05) is 13.7 Å². The Balaban J connectivity index is 3.05. The third-order valence-corrected chi connectivity index (χ3v) is 2.07. The van der Waals surface area contributed by atoms with E-state index in [1.165, 1.54) is 6.08 Å². The molecule has 1 aromatic rings. The molecule has 0 unspecified atom stereocenters. The maximum atomic E-state index is 11.0. The van der Waals surface area contributed by atoms with E-state index in [2.05, 4.69) is 0 Å². The molecule has 0 spiro atoms. The number of carbonyl (C=O) groups excluding carboxylic acids is 1. The number of nitrogens with two attached hydrogens (primary N) is 1. The summed E-state index contributed by atoms with van der Waals surface area (Å²) in [5, 5.41) is 0. The fourth-order valence-corrected chi connectivity index (χ4v) is 1.34. The molecule has 0 saturated carbocycles. The summed E-state index contributed by atoms with van der Waals surface area (Å²) in [4.78, 5) is 11.0. The molecule has 1 amide bonds. The van der Waals surface area contributed by atoms with Gasteiger partial charge in [0.05, 0.1) is 13.7 Å². The van der Waals surface area contributed by atoms with E-state index in [4.69, 9.17) is 15.3 Å². The van der Waals surface area contributed by atoms with Gasteiger partial charge in [-0.1, -0.05) is 12.1 Å². The summed E-state index contributed by atoms with van der Waals surface area (Å²) in [7, 11) is 1.57. The highest BCUT2D eigenvalue weighted by Crippen LogP contribution is 2.31. The molecule has 0 aliphatic rings. The largest absolute Gasteiger partial charge is 0.493 e. The van der Waals surface area contributed by atoms with Crippen LogP contribution in [0.5, 0.6) is 11.5 Å². The Morgan fingerprint density at radius 3 is 2.88 bits per heavy atom. The molecule has 92 valence electrons. The summed E-state index contributed by atoms with van der Waals surface area (Å²) in [6.07, 6.45) is 2.95. The van der Waals surface area contributed by atoms with Gasteiger partial charge < -0.3 is 9.47 Å². The molecule has 0 atom stereocenters. The molecule has 0 saturated heterocycles. The summed E-state index contributed by atoms with van der Waals surface area (Å²) < 4.78 is 10.7. The van der Waals surface area contributed by atoms with Crippen molar-refractivity contribution in [1.29, 1.82) is 0 Å². The van der Waals surface area contributed by atoms with Crippen molar-refractivity contribution in [3.8, 4) is 11.5 Å². The van der Waals surface area contributed by atoms with Gasteiger partial charge in [-0.15, -0.1) is 0 Å². The maximum absolute atomic E-state index is 11.0. The Labute approximate surface area is 100 Å². The first kappa shape index (κ1) is 13.1. The summed E-state index contributed by atoms with van der Waals surface area (Å²) >= 11 is 0. The van der Waals surface area contributed by atoms with Gasteiger partial charge in [0, 0.05) is 11.6 Å². The molecular weight excluding hydrogens is 220 g/mol. The van der Waals surface area contributed by atoms with Crippen molar-refractivity contribution < 1.29 is 14.3 Å². The molecule has 3 N–H and O–H groups in total. The number of carbonyl (C=O) groups is 1. The highest BCUT2D eigenvalue weighted by Gasteiger charge is 2.07. The number of benzene rings is 1. The first-order valence-corrected chi connectivity index (χ1v) is 5.21. The smallest absolute Gasteiger partial charge is 0.257 e. The maximum Gasteiger partial charge on any atom is 0.257 e. The molecule has 0 radical (unpaired) electrons. The van der Waals surface area contributed by atoms with Crippen molar-refractivity contribution in [2.45, 2.75) is 6.92 Å². The van der Waals surface area contributed by atoms with E-state index in [1.54, 1.807) is 19.3 Å². The van der Waals surface area contributed by atoms with E-state index in [-0.39, 0.29) is 5.91 Å². The molecule has 0 heterocycles. The average molecular weight is 236 g/mol. The minimum absolute atomic E-state index is 0.379. The predicted octanol–water partition coefficient (Wildman–Crippen LogP) is 1.10. The SMILES string of the molecule is CCOc1c(/C=C/C(=O)NN)cccc1OC. The summed E-state index contributed by atoms with van der Waals surface area (Å²) in [5.74, 6) is 5.84. The van der Waals surface area contributed by atoms with Gasteiger partial charge in [-0.05, 0) is 19.1 Å². The molecule has 1 aromatic carbocycles. The number of hydrazine groups is 1. The fourth-order valence-electron chi connectivity index (χ4n) is 1.34. The van der Waals surface area contributed by atoms with Gasteiger partial charge in [0.25, 0.3) is 5.91 Å². The van der Waals surface area contributed by atoms with E-state index in [0.717, 1.165) is 5.56 Å². The number of methoxy groups -OCH3 is 1. The third-order valence-electron chi connectivity index (χ3n) is 2.07. The number of hydrogen-bond acceptors (Lipinski definition) is 4. The monoisotopic (exact) mass is 236 g/mol. The van der Waals surface area contributed by atoms with Crippen LogP contribution in [-0.4, -0.2) is 19.6 Å². The molecular formula is C12H16N2O3. The first-order chi connectivity index (χ1) is 8.22. The predicted molar refractivity (Wildman–Crippen MR) is 65.5 cm³/mol. The van der Waals surface area contributed by atoms with Crippen LogP contribution in [0.25, 0.3) is 6.08 Å². The lowest BCUT2D eigenvalue weighted by Gasteiger charge is -2.11. The third kappa shape index (κ3) is 3.49. The molecule has 1 rings (SSSR count). The fraction of sp³-hybridized carbons (Fsp3) is 0.250. The Bertz CT molecular complexity index is 416. The van der Waals surface area contributed by atoms with Crippen molar-refractivity contribution in [2.24, 2.45) is 5.84 Å². The molecule has 5 heteroatoms. The average Bonchev–Trinajstić information content (AvgIpc) is 2.37. The molecule has 0 bridgehead atoms. The van der Waals surface area contributed by atoms with Crippen LogP contribution in [0.4, 0.5) is 0 Å². The van der Waals surface area contributed by atoms with Crippen LogP contribution in [0, 0.1) is 0 Å². The second-order valence-electron chi connectivity index (χ2n) is 3.15. The van der Waals surface area contributed by atoms with Crippen molar-refractivity contribution >= 4 is 12.0 Å². The minimum Gasteiger partial charge on any atom is -0.493 e. The Kier molecular flexibility index (Phi) is 5.03. The number of para-hydroxylation sites is 1. The van der Waals surface area contributed by atoms with E-state index in [1.807, 2.05) is 24.5 Å². The Morgan fingerprint density at radius 2 is 2.29 bits per heavy atom. The Hall–Kier alpha value is -2.01. The molecule has 0 aliphatic carbocycles. The van der Waals surface area contributed by atoms with Gasteiger partial charge in [0.1, 0.15) is 0 Å². The molecule has 17 heavy (non-hydrogen) atoms. The first-order valence-electron chi connectivity index (χ1n) is 5.21. The van der Waals surface area contributed by atoms with Gasteiger partial charge in [0.2, 0.25) is 0 Å². The Morgan fingerprint density at radius 1 is 1.53 bits per heavy atom. The number of ether oxygens (including phenoxy) is 2. The summed E-state index contributed by atoms with van der Waals surface area (Å²) in [6.45, 7) is 2.40. The number of nitrogens with one attached hydrogen (secondary N) is 1. The van der Waals surface area contributed by atoms with Crippen LogP contribution < -0.4 is 20.7 Å². The molecule has 0 aromatic heterocycles. The van der Waals surface area contributed by atoms with Crippen molar-refractivity contribution in [1.82, 2.24) is 5.43 Å². The van der Waals surface area contributed by atoms with Crippen LogP contribution in [-0.2, 0) is 4.79 Å². The van der Waals surface area contributed by atoms with Crippen LogP contribution in [0.1, 0.15) is 12.5 Å². The van der Waals surface area contributed by atoms with E-state index >= 15 is 0 Å². The second-order valence-corrected chi connectivity index (χ2v) is 3.15. The van der Waals surface area contributed by atoms with Crippen molar-refractivity contribution in [3.63, 3.8) is 0 Å². The molecule has 5 nitrogen and oxygen atoms in total. The lowest BCUT2D eigenvalue weighted by Crippen LogP contribution is -2.27. The number of amides is 1. The van der Waals surface area contributed by atoms with Gasteiger partial charge in [0.15, 0.2) is 11.5 Å². The zero-order valence-electron chi connectivity index (χ0n) is 9.90. The lowest BCUT2D eigenvalue weighted by atomic mass is 10.1. The van der Waals surface area contributed by atoms with Crippen molar-refractivity contribution in [3.05, 3.63) is 29.8 Å². The van der Waals surface area contributed by atoms with Crippen LogP contribution in [0.3, 0.4) is 0 Å². The highest BCUT2D eigenvalue weighted by molar-refractivity contribution is 5.91. The van der Waals surface area contributed by atoms with Crippen LogP contribution in [0.2, 0.25) is 0 Å². The molecule has 0 fully saturated rings. The zero-order valence-corrected chi connectivity index (χ0v) is 9.90. The number of rotatable bonds is 5. The van der Waals surface area contributed by atoms with Gasteiger partial charge in [-0.2, -0.15) is 0 Å². The normalized spacial score (nSPS) is 10.3. The quantitative estimate of drug-likeness (QED) is 0.347. The second kappa shape index (κ2) is 6.55. The highest BCUT2D eigenvalue weighted by atomic mass is 16.5. The standard InChI is InChI=1S/C12H16N2O3/c1-3-17-12-9(7-8-11(15)14-13)5-4-6-10(12)16-2/h4-8H,3,13H2,1-2H3,(H,14,15)/b8-7+. The molecule has 0 aliphatic heterocycles. The number of hydrogen-bond donors (Lipinski definition) is 2. The summed E-state index contributed by atoms with van der Waals surface area (Å²) in [5.41, 5.74) is 2.78. The zero-order chi connectivity index (χ0) is 12.7. The van der Waals surface area contributed by atoms with E-state index in [0.29, 0.717) is 18.1 Å². The topological polar surface area (TPSA) is 73.6 Å². The minimum atomic E-state index is -0.379. The van der Waals surface area contributed by atoms with Gasteiger partial charge >= 0.3 is 0 Å². The lowest BCUT2D eigenvalue weighted by molar-refractivity contribution is -0.116. The summed E-state index contributed by atoms with van der Waals surface area (Å²) in [6, 6.07) is 5.44. The van der Waals surface area contributed by atoms with Crippen LogP contribution >= 0.6 is 0 Å². The van der Waals surface area contributed by atoms with Crippen LogP contribution in [0.15, 0.2) is 24.3 Å².